The molecular formula is C49H62N4O6Si. The number of benzene rings is 4. The number of ether oxygens (including phenoxy) is 1. The fourth-order valence-corrected chi connectivity index (χ4v) is 9.85. The fraction of sp³-hybridized carbons (Fsp3) is 0.429. The third kappa shape index (κ3) is 10.1. The summed E-state index contributed by atoms with van der Waals surface area (Å²) in [6.07, 6.45) is 4.45. The van der Waals surface area contributed by atoms with E-state index in [-0.39, 0.29) is 28.5 Å². The molecule has 0 radical (unpaired) electrons. The van der Waals surface area contributed by atoms with Crippen molar-refractivity contribution in [2.24, 2.45) is 5.92 Å². The molecule has 0 saturated carbocycles. The SMILES string of the molecule is CC(C)(C)[Si](C)(C)O[C@@H](CNCCc1ccc(OCCCCc2ccc(-c3ccccc3)c(N(C(=O)O)C3CN4CCC3CC4)c2)cc1)c1ccc(O)c2[nH]c(=O)ccc12. The van der Waals surface area contributed by atoms with Gasteiger partial charge in [-0.05, 0) is 135 Å². The van der Waals surface area contributed by atoms with Crippen LogP contribution in [0.25, 0.3) is 22.0 Å². The molecule has 0 aliphatic carbocycles. The van der Waals surface area contributed by atoms with E-state index >= 15 is 0 Å². The van der Waals surface area contributed by atoms with Crippen molar-refractivity contribution in [3.05, 3.63) is 124 Å². The zero-order valence-corrected chi connectivity index (χ0v) is 36.9. The number of rotatable bonds is 17. The van der Waals surface area contributed by atoms with Crippen LogP contribution in [0, 0.1) is 5.92 Å². The second kappa shape index (κ2) is 18.8. The van der Waals surface area contributed by atoms with E-state index in [4.69, 9.17) is 9.16 Å². The Morgan fingerprint density at radius 1 is 0.933 bits per heavy atom. The van der Waals surface area contributed by atoms with E-state index in [1.54, 1.807) is 17.0 Å². The van der Waals surface area contributed by atoms with Gasteiger partial charge in [0.2, 0.25) is 5.56 Å². The number of hydrogen-bond donors (Lipinski definition) is 4. The molecule has 3 aliphatic heterocycles. The van der Waals surface area contributed by atoms with Gasteiger partial charge in [-0.25, -0.2) is 4.79 Å². The lowest BCUT2D eigenvalue weighted by atomic mass is 9.82. The average Bonchev–Trinajstić information content (AvgIpc) is 3.23. The second-order valence-electron chi connectivity index (χ2n) is 18.1. The van der Waals surface area contributed by atoms with Crippen LogP contribution in [0.15, 0.2) is 102 Å². The summed E-state index contributed by atoms with van der Waals surface area (Å²) in [6, 6.07) is 31.6. The minimum atomic E-state index is -2.17. The molecule has 11 heteroatoms. The van der Waals surface area contributed by atoms with Crippen molar-refractivity contribution < 1.29 is 24.2 Å². The van der Waals surface area contributed by atoms with Gasteiger partial charge in [-0.15, -0.1) is 0 Å². The molecule has 1 aromatic heterocycles. The molecule has 4 aromatic carbocycles. The number of piperidine rings is 3. The first-order valence-corrected chi connectivity index (χ1v) is 24.6. The summed E-state index contributed by atoms with van der Waals surface area (Å²) in [5, 5.41) is 25.6. The maximum absolute atomic E-state index is 13.0. The van der Waals surface area contributed by atoms with E-state index in [0.717, 1.165) is 104 Å². The van der Waals surface area contributed by atoms with Crippen LogP contribution >= 0.6 is 0 Å². The lowest BCUT2D eigenvalue weighted by Gasteiger charge is -2.48. The number of unbranched alkanes of at least 4 members (excludes halogenated alkanes) is 1. The number of amides is 1. The minimum absolute atomic E-state index is 0.00759. The van der Waals surface area contributed by atoms with Gasteiger partial charge in [0.25, 0.3) is 0 Å². The summed E-state index contributed by atoms with van der Waals surface area (Å²) in [5.74, 6) is 1.28. The van der Waals surface area contributed by atoms with E-state index in [1.807, 2.05) is 36.4 Å². The van der Waals surface area contributed by atoms with Crippen LogP contribution in [0.4, 0.5) is 10.5 Å². The maximum atomic E-state index is 13.0. The highest BCUT2D eigenvalue weighted by molar-refractivity contribution is 6.74. The van der Waals surface area contributed by atoms with Gasteiger partial charge in [-0.3, -0.25) is 9.69 Å². The van der Waals surface area contributed by atoms with Crippen molar-refractivity contribution in [3.63, 3.8) is 0 Å². The van der Waals surface area contributed by atoms with Crippen molar-refractivity contribution in [1.29, 1.82) is 0 Å². The Labute approximate surface area is 355 Å². The molecule has 0 spiro atoms. The fourth-order valence-electron chi connectivity index (χ4n) is 8.57. The normalized spacial score (nSPS) is 18.4. The summed E-state index contributed by atoms with van der Waals surface area (Å²) in [5.41, 5.74) is 6.23. The molecule has 8 rings (SSSR count). The first-order valence-electron chi connectivity index (χ1n) is 21.7. The summed E-state index contributed by atoms with van der Waals surface area (Å²) >= 11 is 0. The van der Waals surface area contributed by atoms with Crippen LogP contribution in [0.5, 0.6) is 11.5 Å². The highest BCUT2D eigenvalue weighted by Crippen LogP contribution is 2.42. The molecule has 2 bridgehead atoms. The number of nitrogens with one attached hydrogen (secondary N) is 2. The highest BCUT2D eigenvalue weighted by Gasteiger charge is 2.41. The average molecular weight is 831 g/mol. The smallest absolute Gasteiger partial charge is 0.412 e. The number of phenolic OH excluding ortho intramolecular Hbond substituents is 1. The lowest BCUT2D eigenvalue weighted by molar-refractivity contribution is 0.0837. The van der Waals surface area contributed by atoms with Gasteiger partial charge in [0.15, 0.2) is 8.32 Å². The predicted molar refractivity (Wildman–Crippen MR) is 244 cm³/mol. The molecule has 5 aromatic rings. The van der Waals surface area contributed by atoms with Crippen LogP contribution < -0.4 is 20.5 Å². The van der Waals surface area contributed by atoms with Gasteiger partial charge in [0.05, 0.1) is 30.0 Å². The Kier molecular flexibility index (Phi) is 13.5. The number of anilines is 1. The summed E-state index contributed by atoms with van der Waals surface area (Å²) in [7, 11) is -2.17. The van der Waals surface area contributed by atoms with Gasteiger partial charge < -0.3 is 34.6 Å². The number of pyridine rings is 1. The molecular weight excluding hydrogens is 769 g/mol. The Hall–Kier alpha value is -4.94. The molecule has 3 aliphatic rings. The molecule has 60 heavy (non-hydrogen) atoms. The molecule has 3 saturated heterocycles. The Morgan fingerprint density at radius 2 is 1.67 bits per heavy atom. The van der Waals surface area contributed by atoms with Crippen molar-refractivity contribution in [3.8, 4) is 22.6 Å². The number of H-pyrrole nitrogens is 1. The number of carboxylic acid groups (broad SMARTS) is 1. The quantitative estimate of drug-likeness (QED) is 0.0539. The third-order valence-corrected chi connectivity index (χ3v) is 17.5. The number of nitrogens with zero attached hydrogens (tertiary/aromatic N) is 2. The summed E-state index contributed by atoms with van der Waals surface area (Å²) < 4.78 is 13.1. The Morgan fingerprint density at radius 3 is 2.35 bits per heavy atom. The summed E-state index contributed by atoms with van der Waals surface area (Å²) in [6.45, 7) is 16.0. The standard InChI is InChI=1S/C49H62N4O6Si/c1-49(2,3)60(4,5)59-45(40-20-22-44(54)47-41(40)21-23-46(55)51-47)32-50-27-24-34-14-17-38(18-15-34)58-30-10-9-11-35-16-19-39(36-12-7-6-8-13-36)42(31-35)53(48(56)57)43-33-52-28-25-37(43)26-29-52/h6-8,12-23,31,37,43,45,50,54H,9-11,24-30,32-33H2,1-5H3,(H,51,55)(H,56,57)/t43?,45-/m0/s1. The number of aromatic nitrogens is 1. The minimum Gasteiger partial charge on any atom is -0.506 e. The number of carbonyl (C=O) groups is 1. The van der Waals surface area contributed by atoms with Crippen LogP contribution in [-0.4, -0.2) is 79.9 Å². The third-order valence-electron chi connectivity index (χ3n) is 13.0. The molecule has 1 unspecified atom stereocenters. The van der Waals surface area contributed by atoms with Crippen molar-refractivity contribution in [2.75, 3.05) is 44.2 Å². The van der Waals surface area contributed by atoms with E-state index in [1.165, 1.54) is 11.6 Å². The first kappa shape index (κ1) is 43.2. The number of hydrogen-bond acceptors (Lipinski definition) is 7. The largest absolute Gasteiger partial charge is 0.506 e. The van der Waals surface area contributed by atoms with Crippen LogP contribution in [0.1, 0.15) is 69.2 Å². The van der Waals surface area contributed by atoms with Crippen LogP contribution in [0.3, 0.4) is 0 Å². The van der Waals surface area contributed by atoms with Gasteiger partial charge in [0.1, 0.15) is 11.5 Å². The van der Waals surface area contributed by atoms with Crippen LogP contribution in [0.2, 0.25) is 18.1 Å². The van der Waals surface area contributed by atoms with Crippen molar-refractivity contribution in [2.45, 2.75) is 89.6 Å². The van der Waals surface area contributed by atoms with E-state index in [2.05, 4.69) is 91.5 Å². The predicted octanol–water partition coefficient (Wildman–Crippen LogP) is 9.78. The number of aromatic amines is 1. The Bertz CT molecular complexity index is 2280. The topological polar surface area (TPSA) is 127 Å². The van der Waals surface area contributed by atoms with Crippen molar-refractivity contribution in [1.82, 2.24) is 15.2 Å². The monoisotopic (exact) mass is 830 g/mol. The molecule has 3 fully saturated rings. The van der Waals surface area contributed by atoms with E-state index in [9.17, 15) is 19.8 Å². The Balaban J connectivity index is 0.919. The van der Waals surface area contributed by atoms with Gasteiger partial charge >= 0.3 is 6.09 Å². The van der Waals surface area contributed by atoms with Gasteiger partial charge in [-0.1, -0.05) is 81.4 Å². The number of fused-ring (bicyclic) bond motifs is 4. The highest BCUT2D eigenvalue weighted by atomic mass is 28.4. The van der Waals surface area contributed by atoms with Crippen LogP contribution in [-0.2, 0) is 17.3 Å². The molecule has 4 N–H and O–H groups in total. The maximum Gasteiger partial charge on any atom is 0.412 e. The van der Waals surface area contributed by atoms with Gasteiger partial charge in [-0.2, -0.15) is 0 Å². The molecule has 10 nitrogen and oxygen atoms in total. The second-order valence-corrected chi connectivity index (χ2v) is 22.9. The van der Waals surface area contributed by atoms with E-state index < -0.39 is 14.4 Å². The lowest BCUT2D eigenvalue weighted by Crippen LogP contribution is -2.59. The van der Waals surface area contributed by atoms with E-state index in [0.29, 0.717) is 24.6 Å². The number of aryl methyl sites for hydroxylation is 1. The zero-order chi connectivity index (χ0) is 42.4. The van der Waals surface area contributed by atoms with Crippen molar-refractivity contribution >= 4 is 31.0 Å². The zero-order valence-electron chi connectivity index (χ0n) is 35.9. The molecule has 318 valence electrons. The summed E-state index contributed by atoms with van der Waals surface area (Å²) in [4.78, 5) is 31.9. The number of phenols is 1. The number of aromatic hydroxyl groups is 1. The molecule has 1 amide bonds. The van der Waals surface area contributed by atoms with Gasteiger partial charge in [0, 0.05) is 30.1 Å². The molecule has 2 atom stereocenters. The molecule has 4 heterocycles. The first-order chi connectivity index (χ1) is 28.8.